The van der Waals surface area contributed by atoms with Crippen LogP contribution in [0.25, 0.3) is 0 Å². The minimum Gasteiger partial charge on any atom is -0.369 e. The van der Waals surface area contributed by atoms with E-state index in [2.05, 4.69) is 16.9 Å². The normalized spacial score (nSPS) is 18.6. The molecule has 0 saturated carbocycles. The first-order valence-electron chi connectivity index (χ1n) is 7.56. The van der Waals surface area contributed by atoms with Crippen LogP contribution in [0, 0.1) is 5.92 Å². The molecule has 0 bridgehead atoms. The maximum Gasteiger partial charge on any atom is 0.268 e. The predicted octanol–water partition coefficient (Wildman–Crippen LogP) is 0.865. The van der Waals surface area contributed by atoms with E-state index in [1.54, 1.807) is 19.3 Å². The Kier molecular flexibility index (Phi) is 4.98. The molecule has 2 rings (SSSR count). The van der Waals surface area contributed by atoms with Gasteiger partial charge in [0.25, 0.3) is 5.56 Å². The number of hydrogen-bond acceptors (Lipinski definition) is 4. The number of hydrogen-bond donors (Lipinski definition) is 0. The van der Waals surface area contributed by atoms with Gasteiger partial charge in [-0.2, -0.15) is 5.10 Å². The van der Waals surface area contributed by atoms with Gasteiger partial charge < -0.3 is 9.80 Å². The highest BCUT2D eigenvalue weighted by molar-refractivity contribution is 5.79. The molecule has 1 atom stereocenters. The Morgan fingerprint density at radius 3 is 2.95 bits per heavy atom. The molecule has 1 amide bonds. The second kappa shape index (κ2) is 6.74. The van der Waals surface area contributed by atoms with Crippen molar-refractivity contribution in [2.75, 3.05) is 31.6 Å². The number of rotatable bonds is 4. The Morgan fingerprint density at radius 1 is 1.52 bits per heavy atom. The Hall–Kier alpha value is -1.85. The van der Waals surface area contributed by atoms with Crippen LogP contribution in [0.5, 0.6) is 0 Å². The van der Waals surface area contributed by atoms with Gasteiger partial charge in [-0.15, -0.1) is 0 Å². The Morgan fingerprint density at radius 2 is 2.29 bits per heavy atom. The maximum atomic E-state index is 12.4. The number of aromatic nitrogens is 2. The summed E-state index contributed by atoms with van der Waals surface area (Å²) in [6.45, 7) is 4.41. The van der Waals surface area contributed by atoms with E-state index in [-0.39, 0.29) is 17.4 Å². The van der Waals surface area contributed by atoms with Crippen molar-refractivity contribution in [3.63, 3.8) is 0 Å². The number of carbonyl (C=O) groups is 1. The van der Waals surface area contributed by atoms with Crippen LogP contribution in [0.1, 0.15) is 26.2 Å². The van der Waals surface area contributed by atoms with Crippen LogP contribution < -0.4 is 10.5 Å². The molecule has 1 aliphatic heterocycles. The summed E-state index contributed by atoms with van der Waals surface area (Å²) in [5, 5.41) is 4.06. The molecule has 2 heterocycles. The van der Waals surface area contributed by atoms with Gasteiger partial charge in [0.15, 0.2) is 0 Å². The standard InChI is InChI=1S/C15H24N4O2/c1-4-7-17(2)15(21)12-6-5-8-19(11-12)13-9-14(20)18(3)16-10-13/h9-10,12H,4-8,11H2,1-3H3/t12-/m0/s1. The summed E-state index contributed by atoms with van der Waals surface area (Å²) in [4.78, 5) is 28.0. The van der Waals surface area contributed by atoms with Crippen molar-refractivity contribution in [1.82, 2.24) is 14.7 Å². The third kappa shape index (κ3) is 3.62. The molecule has 0 unspecified atom stereocenters. The van der Waals surface area contributed by atoms with Crippen molar-refractivity contribution in [2.45, 2.75) is 26.2 Å². The van der Waals surface area contributed by atoms with Crippen molar-refractivity contribution >= 4 is 11.6 Å². The van der Waals surface area contributed by atoms with Gasteiger partial charge in [0, 0.05) is 39.8 Å². The number of nitrogens with zero attached hydrogens (tertiary/aromatic N) is 4. The highest BCUT2D eigenvalue weighted by Crippen LogP contribution is 2.22. The predicted molar refractivity (Wildman–Crippen MR) is 82.3 cm³/mol. The van der Waals surface area contributed by atoms with E-state index in [4.69, 9.17) is 0 Å². The quantitative estimate of drug-likeness (QED) is 0.826. The fourth-order valence-electron chi connectivity index (χ4n) is 2.80. The van der Waals surface area contributed by atoms with Crippen LogP contribution in [-0.2, 0) is 11.8 Å². The van der Waals surface area contributed by atoms with Crippen molar-refractivity contribution in [2.24, 2.45) is 13.0 Å². The lowest BCUT2D eigenvalue weighted by Crippen LogP contribution is -2.44. The third-order valence-electron chi connectivity index (χ3n) is 4.02. The summed E-state index contributed by atoms with van der Waals surface area (Å²) in [7, 11) is 3.50. The molecule has 1 aromatic heterocycles. The molecule has 0 aliphatic carbocycles. The van der Waals surface area contributed by atoms with E-state index in [0.717, 1.165) is 38.0 Å². The number of aryl methyl sites for hydroxylation is 1. The average molecular weight is 292 g/mol. The smallest absolute Gasteiger partial charge is 0.268 e. The van der Waals surface area contributed by atoms with Crippen molar-refractivity contribution in [3.8, 4) is 0 Å². The van der Waals surface area contributed by atoms with E-state index in [1.807, 2.05) is 11.9 Å². The number of piperidine rings is 1. The molecule has 1 aromatic rings. The second-order valence-corrected chi connectivity index (χ2v) is 5.72. The summed E-state index contributed by atoms with van der Waals surface area (Å²) >= 11 is 0. The van der Waals surface area contributed by atoms with Crippen molar-refractivity contribution in [3.05, 3.63) is 22.6 Å². The second-order valence-electron chi connectivity index (χ2n) is 5.72. The largest absolute Gasteiger partial charge is 0.369 e. The molecule has 21 heavy (non-hydrogen) atoms. The van der Waals surface area contributed by atoms with Gasteiger partial charge in [0.1, 0.15) is 0 Å². The van der Waals surface area contributed by atoms with Crippen molar-refractivity contribution in [1.29, 1.82) is 0 Å². The molecule has 1 aliphatic rings. The number of anilines is 1. The van der Waals surface area contributed by atoms with E-state index in [9.17, 15) is 9.59 Å². The van der Waals surface area contributed by atoms with Gasteiger partial charge in [-0.3, -0.25) is 9.59 Å². The fourth-order valence-corrected chi connectivity index (χ4v) is 2.80. The first kappa shape index (κ1) is 15.5. The number of carbonyl (C=O) groups excluding carboxylic acids is 1. The lowest BCUT2D eigenvalue weighted by atomic mass is 9.96. The van der Waals surface area contributed by atoms with Gasteiger partial charge in [0.05, 0.1) is 17.8 Å². The average Bonchev–Trinajstić information content (AvgIpc) is 2.49. The highest BCUT2D eigenvalue weighted by Gasteiger charge is 2.28. The van der Waals surface area contributed by atoms with Gasteiger partial charge in [-0.05, 0) is 19.3 Å². The zero-order chi connectivity index (χ0) is 15.4. The zero-order valence-electron chi connectivity index (χ0n) is 13.1. The number of amides is 1. The van der Waals surface area contributed by atoms with Gasteiger partial charge in [-0.1, -0.05) is 6.92 Å². The molecular weight excluding hydrogens is 268 g/mol. The van der Waals surface area contributed by atoms with E-state index < -0.39 is 0 Å². The molecule has 0 aromatic carbocycles. The van der Waals surface area contributed by atoms with Crippen LogP contribution in [0.4, 0.5) is 5.69 Å². The van der Waals surface area contributed by atoms with Gasteiger partial charge in [-0.25, -0.2) is 4.68 Å². The minimum atomic E-state index is -0.121. The summed E-state index contributed by atoms with van der Waals surface area (Å²) in [6, 6.07) is 1.59. The fraction of sp³-hybridized carbons (Fsp3) is 0.667. The summed E-state index contributed by atoms with van der Waals surface area (Å²) in [6.07, 6.45) is 4.55. The Bertz CT molecular complexity index is 555. The van der Waals surface area contributed by atoms with Crippen LogP contribution in [0.2, 0.25) is 0 Å². The first-order valence-corrected chi connectivity index (χ1v) is 7.56. The summed E-state index contributed by atoms with van der Waals surface area (Å²) in [5.74, 6) is 0.220. The molecule has 116 valence electrons. The molecule has 6 nitrogen and oxygen atoms in total. The zero-order valence-corrected chi connectivity index (χ0v) is 13.1. The molecule has 1 fully saturated rings. The van der Waals surface area contributed by atoms with Gasteiger partial charge in [0.2, 0.25) is 5.91 Å². The maximum absolute atomic E-state index is 12.4. The first-order chi connectivity index (χ1) is 10.0. The topological polar surface area (TPSA) is 58.4 Å². The summed E-state index contributed by atoms with van der Waals surface area (Å²) < 4.78 is 1.31. The van der Waals surface area contributed by atoms with Crippen LogP contribution >= 0.6 is 0 Å². The van der Waals surface area contributed by atoms with E-state index in [1.165, 1.54) is 4.68 Å². The monoisotopic (exact) mass is 292 g/mol. The Balaban J connectivity index is 2.08. The molecule has 1 saturated heterocycles. The third-order valence-corrected chi connectivity index (χ3v) is 4.02. The minimum absolute atomic E-state index is 0.0133. The van der Waals surface area contributed by atoms with E-state index in [0.29, 0.717) is 6.54 Å². The van der Waals surface area contributed by atoms with Crippen molar-refractivity contribution < 1.29 is 4.79 Å². The molecule has 0 N–H and O–H groups in total. The lowest BCUT2D eigenvalue weighted by Gasteiger charge is -2.35. The molecule has 0 spiro atoms. The SMILES string of the molecule is CCCN(C)C(=O)[C@H]1CCCN(c2cnn(C)c(=O)c2)C1. The molecule has 6 heteroatoms. The lowest BCUT2D eigenvalue weighted by molar-refractivity contribution is -0.134. The van der Waals surface area contributed by atoms with Crippen LogP contribution in [-0.4, -0.2) is 47.3 Å². The van der Waals surface area contributed by atoms with Crippen LogP contribution in [0.15, 0.2) is 17.1 Å². The molecule has 0 radical (unpaired) electrons. The Labute approximate surface area is 125 Å². The molecular formula is C15H24N4O2. The highest BCUT2D eigenvalue weighted by atomic mass is 16.2. The van der Waals surface area contributed by atoms with Crippen LogP contribution in [0.3, 0.4) is 0 Å². The van der Waals surface area contributed by atoms with E-state index >= 15 is 0 Å². The summed E-state index contributed by atoms with van der Waals surface area (Å²) in [5.41, 5.74) is 0.692. The van der Waals surface area contributed by atoms with Gasteiger partial charge >= 0.3 is 0 Å².